The zero-order valence-electron chi connectivity index (χ0n) is 21.2. The van der Waals surface area contributed by atoms with E-state index in [1.165, 1.54) is 20.8 Å². The highest BCUT2D eigenvalue weighted by Gasteiger charge is 2.87. The molecule has 35 heavy (non-hydrogen) atoms. The van der Waals surface area contributed by atoms with Crippen molar-refractivity contribution in [3.63, 3.8) is 0 Å². The van der Waals surface area contributed by atoms with Crippen LogP contribution in [0, 0.1) is 29.1 Å². The van der Waals surface area contributed by atoms with E-state index in [1.54, 1.807) is 26.0 Å². The van der Waals surface area contributed by atoms with Crippen LogP contribution >= 0.6 is 0 Å². The number of aliphatic hydroxyl groups is 2. The van der Waals surface area contributed by atoms with Gasteiger partial charge < -0.3 is 24.4 Å². The van der Waals surface area contributed by atoms with Gasteiger partial charge in [0.2, 0.25) is 0 Å². The monoisotopic (exact) mass is 490 g/mol. The fourth-order valence-electron chi connectivity index (χ4n) is 7.43. The van der Waals surface area contributed by atoms with Crippen molar-refractivity contribution in [2.45, 2.75) is 77.8 Å². The molecule has 0 aromatic rings. The van der Waals surface area contributed by atoms with Gasteiger partial charge in [-0.1, -0.05) is 32.9 Å². The molecule has 4 aliphatic rings. The third-order valence-corrected chi connectivity index (χ3v) is 8.82. The zero-order chi connectivity index (χ0) is 26.3. The lowest BCUT2D eigenvalue weighted by atomic mass is 9.59. The molecule has 0 saturated heterocycles. The van der Waals surface area contributed by atoms with Gasteiger partial charge in [-0.3, -0.25) is 19.2 Å². The fourth-order valence-corrected chi connectivity index (χ4v) is 7.43. The maximum atomic E-state index is 13.2. The number of rotatable bonds is 4. The molecule has 0 aromatic heterocycles. The predicted octanol–water partition coefficient (Wildman–Crippen LogP) is 1.64. The Morgan fingerprint density at radius 3 is 2.23 bits per heavy atom. The van der Waals surface area contributed by atoms with Gasteiger partial charge in [0, 0.05) is 56.3 Å². The van der Waals surface area contributed by atoms with Gasteiger partial charge in [-0.15, -0.1) is 0 Å². The minimum absolute atomic E-state index is 0.130. The van der Waals surface area contributed by atoms with Crippen molar-refractivity contribution in [1.29, 1.82) is 0 Å². The average Bonchev–Trinajstić information content (AvgIpc) is 3.15. The molecule has 2 saturated carbocycles. The highest BCUT2D eigenvalue weighted by molar-refractivity contribution is 6.04. The Balaban J connectivity index is 1.95. The summed E-state index contributed by atoms with van der Waals surface area (Å²) in [5.74, 6) is -5.20. The maximum absolute atomic E-state index is 13.2. The largest absolute Gasteiger partial charge is 0.461 e. The van der Waals surface area contributed by atoms with Crippen LogP contribution < -0.4 is 0 Å². The van der Waals surface area contributed by atoms with E-state index in [9.17, 15) is 29.4 Å². The molecule has 0 amide bonds. The first-order chi connectivity index (χ1) is 16.0. The minimum atomic E-state index is -1.96. The lowest BCUT2D eigenvalue weighted by Crippen LogP contribution is -2.66. The molecule has 1 unspecified atom stereocenters. The van der Waals surface area contributed by atoms with Crippen LogP contribution in [0.15, 0.2) is 23.3 Å². The van der Waals surface area contributed by atoms with Gasteiger partial charge in [0.05, 0.1) is 5.60 Å². The van der Waals surface area contributed by atoms with Crippen LogP contribution in [0.5, 0.6) is 0 Å². The fraction of sp³-hybridized carbons (Fsp3) is 0.692. The number of hydrogen-bond donors (Lipinski definition) is 2. The van der Waals surface area contributed by atoms with Gasteiger partial charge in [0.1, 0.15) is 18.3 Å². The molecule has 0 heterocycles. The quantitative estimate of drug-likeness (QED) is 0.342. The first-order valence-corrected chi connectivity index (χ1v) is 11.9. The molecule has 9 nitrogen and oxygen atoms in total. The third-order valence-electron chi connectivity index (χ3n) is 8.82. The van der Waals surface area contributed by atoms with Crippen LogP contribution in [-0.4, -0.2) is 63.4 Å². The average molecular weight is 491 g/mol. The van der Waals surface area contributed by atoms with Crippen LogP contribution in [0.3, 0.4) is 0 Å². The Morgan fingerprint density at radius 2 is 1.69 bits per heavy atom. The van der Waals surface area contributed by atoms with Crippen molar-refractivity contribution >= 4 is 23.7 Å². The Hall–Kier alpha value is -2.52. The number of carbonyl (C=O) groups excluding carboxylic acids is 4. The predicted molar refractivity (Wildman–Crippen MR) is 121 cm³/mol. The van der Waals surface area contributed by atoms with E-state index in [4.69, 9.17) is 14.2 Å². The summed E-state index contributed by atoms with van der Waals surface area (Å²) in [5.41, 5.74) is -4.82. The zero-order valence-corrected chi connectivity index (χ0v) is 21.2. The molecular weight excluding hydrogens is 456 g/mol. The Morgan fingerprint density at radius 1 is 1.06 bits per heavy atom. The number of fused-ring (bicyclic) bond motifs is 5. The van der Waals surface area contributed by atoms with Gasteiger partial charge in [-0.05, 0) is 18.1 Å². The van der Waals surface area contributed by atoms with Gasteiger partial charge in [-0.25, -0.2) is 0 Å². The van der Waals surface area contributed by atoms with E-state index >= 15 is 0 Å². The van der Waals surface area contributed by atoms with Gasteiger partial charge in [0.15, 0.2) is 11.4 Å². The number of esters is 3. The van der Waals surface area contributed by atoms with Crippen molar-refractivity contribution in [2.75, 3.05) is 6.61 Å². The van der Waals surface area contributed by atoms with Crippen molar-refractivity contribution in [3.8, 4) is 0 Å². The Labute approximate surface area is 204 Å². The molecule has 0 bridgehead atoms. The lowest BCUT2D eigenvalue weighted by molar-refractivity contribution is -0.227. The molecule has 8 atom stereocenters. The van der Waals surface area contributed by atoms with Crippen LogP contribution in [-0.2, 0) is 33.4 Å². The summed E-state index contributed by atoms with van der Waals surface area (Å²) < 4.78 is 16.9. The number of hydrogen-bond acceptors (Lipinski definition) is 9. The first kappa shape index (κ1) is 25.6. The summed E-state index contributed by atoms with van der Waals surface area (Å²) in [6.07, 6.45) is 2.21. The molecule has 192 valence electrons. The van der Waals surface area contributed by atoms with Crippen molar-refractivity contribution in [1.82, 2.24) is 0 Å². The highest BCUT2D eigenvalue weighted by Crippen LogP contribution is 2.77. The molecule has 2 fully saturated rings. The second-order valence-corrected chi connectivity index (χ2v) is 11.2. The summed E-state index contributed by atoms with van der Waals surface area (Å²) >= 11 is 0. The molecule has 0 radical (unpaired) electrons. The van der Waals surface area contributed by atoms with Gasteiger partial charge >= 0.3 is 17.9 Å². The molecule has 0 spiro atoms. The second kappa shape index (κ2) is 7.74. The van der Waals surface area contributed by atoms with Crippen molar-refractivity contribution < 1.29 is 43.6 Å². The Bertz CT molecular complexity index is 1070. The summed E-state index contributed by atoms with van der Waals surface area (Å²) in [5, 5.41) is 24.3. The summed E-state index contributed by atoms with van der Waals surface area (Å²) in [7, 11) is 0. The van der Waals surface area contributed by atoms with Crippen molar-refractivity contribution in [3.05, 3.63) is 23.3 Å². The van der Waals surface area contributed by atoms with E-state index in [0.717, 1.165) is 0 Å². The topological polar surface area (TPSA) is 136 Å². The lowest BCUT2D eigenvalue weighted by Gasteiger charge is -2.53. The Kier molecular flexibility index (Phi) is 5.65. The van der Waals surface area contributed by atoms with E-state index < -0.39 is 75.7 Å². The van der Waals surface area contributed by atoms with E-state index in [1.807, 2.05) is 13.8 Å². The van der Waals surface area contributed by atoms with E-state index in [2.05, 4.69) is 0 Å². The maximum Gasteiger partial charge on any atom is 0.303 e. The molecule has 2 N–H and O–H groups in total. The third kappa shape index (κ3) is 3.27. The summed E-state index contributed by atoms with van der Waals surface area (Å²) in [6, 6.07) is 0. The molecule has 4 aliphatic carbocycles. The van der Waals surface area contributed by atoms with E-state index in [0.29, 0.717) is 11.1 Å². The number of ether oxygens (including phenoxy) is 3. The minimum Gasteiger partial charge on any atom is -0.461 e. The van der Waals surface area contributed by atoms with Crippen molar-refractivity contribution in [2.24, 2.45) is 29.1 Å². The van der Waals surface area contributed by atoms with Crippen LogP contribution in [0.4, 0.5) is 0 Å². The van der Waals surface area contributed by atoms with Gasteiger partial charge in [0.25, 0.3) is 0 Å². The molecule has 0 aliphatic heterocycles. The van der Waals surface area contributed by atoms with Crippen LogP contribution in [0.25, 0.3) is 0 Å². The van der Waals surface area contributed by atoms with Crippen LogP contribution in [0.2, 0.25) is 0 Å². The van der Waals surface area contributed by atoms with Crippen LogP contribution in [0.1, 0.15) is 54.9 Å². The summed E-state index contributed by atoms with van der Waals surface area (Å²) in [6.45, 7) is 10.7. The summed E-state index contributed by atoms with van der Waals surface area (Å²) in [4.78, 5) is 49.1. The second-order valence-electron chi connectivity index (χ2n) is 11.2. The standard InChI is InChI=1S/C26H34O9/c1-12-8-19-24(31,21(12)30)10-17(11-33-14(3)27)9-18-20-23(6,7)26(20,35-16(5)29)22(34-15(4)28)13(2)25(18,19)32/h8-9,13,18-20,22,31-32H,10-11H2,1-7H3/t13-,18+,19-,20-,22-,24-,25-,26?/m1/s1. The number of carbonyl (C=O) groups is 4. The van der Waals surface area contributed by atoms with E-state index in [-0.39, 0.29) is 13.0 Å². The SMILES string of the molecule is CC(=O)OCC1=C[C@H]2[C@@H]3C(C)(C)C3(OC(C)=O)[C@H](OC(C)=O)[C@@H](C)[C@]2(O)[C@@H]2C=C(C)C(=O)[C@@]2(O)C1. The molecule has 9 heteroatoms. The first-order valence-electron chi connectivity index (χ1n) is 11.9. The number of Topliss-reactive ketones (excluding diaryl/α,β-unsaturated/α-hetero) is 1. The van der Waals surface area contributed by atoms with Gasteiger partial charge in [-0.2, -0.15) is 0 Å². The molecule has 4 rings (SSSR count). The normalized spacial score (nSPS) is 42.9. The molecular formula is C26H34O9. The molecule has 0 aromatic carbocycles. The number of ketones is 1. The smallest absolute Gasteiger partial charge is 0.303 e. The highest BCUT2D eigenvalue weighted by atomic mass is 16.6.